The molecule has 2 heterocycles. The smallest absolute Gasteiger partial charge is 0.262 e. The maximum absolute atomic E-state index is 13.0. The van der Waals surface area contributed by atoms with E-state index in [-0.39, 0.29) is 17.2 Å². The largest absolute Gasteiger partial charge is 0.385 e. The number of ether oxygens (including phenoxy) is 1. The van der Waals surface area contributed by atoms with Crippen molar-refractivity contribution in [2.75, 3.05) is 32.6 Å². The SMILES string of the molecule is C=CCN(CC=C)C(=O)CSc1nnc2n(CCCOC)c(=O)c3ccccc3n12. The molecular weight excluding hydrogens is 402 g/mol. The first-order valence-corrected chi connectivity index (χ1v) is 10.6. The van der Waals surface area contributed by atoms with E-state index in [1.54, 1.807) is 34.8 Å². The summed E-state index contributed by atoms with van der Waals surface area (Å²) in [5.41, 5.74) is 0.604. The average Bonchev–Trinajstić information content (AvgIpc) is 3.18. The standard InChI is InChI=1S/C21H25N5O3S/c1-4-11-24(12-5-2)18(27)15-30-21-23-22-20-25(13-8-14-29-3)19(28)16-9-6-7-10-17(16)26(20)21/h4-7,9-10H,1-2,8,11-15H2,3H3. The molecule has 0 atom stereocenters. The van der Waals surface area contributed by atoms with Crippen molar-refractivity contribution >= 4 is 34.3 Å². The van der Waals surface area contributed by atoms with E-state index in [1.165, 1.54) is 11.8 Å². The van der Waals surface area contributed by atoms with Crippen LogP contribution in [0, 0.1) is 0 Å². The first-order chi connectivity index (χ1) is 14.6. The summed E-state index contributed by atoms with van der Waals surface area (Å²) in [4.78, 5) is 27.3. The maximum Gasteiger partial charge on any atom is 0.262 e. The van der Waals surface area contributed by atoms with E-state index in [9.17, 15) is 9.59 Å². The molecule has 1 amide bonds. The first kappa shape index (κ1) is 21.8. The molecule has 30 heavy (non-hydrogen) atoms. The van der Waals surface area contributed by atoms with Crippen molar-refractivity contribution in [2.45, 2.75) is 18.1 Å². The van der Waals surface area contributed by atoms with Gasteiger partial charge < -0.3 is 9.64 Å². The molecular formula is C21H25N5O3S. The lowest BCUT2D eigenvalue weighted by molar-refractivity contribution is -0.127. The van der Waals surface area contributed by atoms with Crippen LogP contribution in [0.5, 0.6) is 0 Å². The van der Waals surface area contributed by atoms with Crippen molar-refractivity contribution < 1.29 is 9.53 Å². The van der Waals surface area contributed by atoms with E-state index in [0.717, 1.165) is 5.52 Å². The Morgan fingerprint density at radius 2 is 1.97 bits per heavy atom. The molecule has 0 spiro atoms. The number of carbonyl (C=O) groups is 1. The maximum atomic E-state index is 13.0. The van der Waals surface area contributed by atoms with Gasteiger partial charge >= 0.3 is 0 Å². The van der Waals surface area contributed by atoms with Crippen LogP contribution in [0.15, 0.2) is 59.5 Å². The zero-order chi connectivity index (χ0) is 21.5. The average molecular weight is 428 g/mol. The fourth-order valence-corrected chi connectivity index (χ4v) is 4.05. The Balaban J connectivity index is 1.98. The Hall–Kier alpha value is -2.91. The lowest BCUT2D eigenvalue weighted by Crippen LogP contribution is -2.32. The van der Waals surface area contributed by atoms with Crippen molar-refractivity contribution in [2.24, 2.45) is 0 Å². The van der Waals surface area contributed by atoms with Crippen molar-refractivity contribution in [1.29, 1.82) is 0 Å². The minimum Gasteiger partial charge on any atom is -0.385 e. The molecule has 0 N–H and O–H groups in total. The van der Waals surface area contributed by atoms with E-state index in [1.807, 2.05) is 22.6 Å². The van der Waals surface area contributed by atoms with E-state index >= 15 is 0 Å². The summed E-state index contributed by atoms with van der Waals surface area (Å²) in [6.45, 7) is 9.30. The summed E-state index contributed by atoms with van der Waals surface area (Å²) < 4.78 is 8.57. The molecule has 0 aliphatic carbocycles. The quantitative estimate of drug-likeness (QED) is 0.265. The van der Waals surface area contributed by atoms with Crippen LogP contribution < -0.4 is 5.56 Å². The van der Waals surface area contributed by atoms with Crippen LogP contribution >= 0.6 is 11.8 Å². The first-order valence-electron chi connectivity index (χ1n) is 9.60. The molecule has 0 saturated heterocycles. The number of aryl methyl sites for hydroxylation is 1. The minimum absolute atomic E-state index is 0.0470. The summed E-state index contributed by atoms with van der Waals surface area (Å²) >= 11 is 1.29. The molecule has 9 heteroatoms. The highest BCUT2D eigenvalue weighted by atomic mass is 32.2. The van der Waals surface area contributed by atoms with Gasteiger partial charge in [-0.05, 0) is 18.6 Å². The summed E-state index contributed by atoms with van der Waals surface area (Å²) in [5.74, 6) is 0.604. The number of fused-ring (bicyclic) bond motifs is 3. The fraction of sp³-hybridized carbons (Fsp3) is 0.333. The molecule has 0 radical (unpaired) electrons. The van der Waals surface area contributed by atoms with Crippen LogP contribution in [-0.4, -0.2) is 62.5 Å². The Labute approximate surface area is 178 Å². The van der Waals surface area contributed by atoms with Crippen LogP contribution in [0.2, 0.25) is 0 Å². The van der Waals surface area contributed by atoms with Gasteiger partial charge in [-0.15, -0.1) is 23.4 Å². The molecule has 0 fully saturated rings. The number of amides is 1. The molecule has 8 nitrogen and oxygen atoms in total. The van der Waals surface area contributed by atoms with E-state index in [0.29, 0.717) is 49.0 Å². The zero-order valence-corrected chi connectivity index (χ0v) is 17.8. The number of methoxy groups -OCH3 is 1. The van der Waals surface area contributed by atoms with E-state index < -0.39 is 0 Å². The number of carbonyl (C=O) groups excluding carboxylic acids is 1. The van der Waals surface area contributed by atoms with Crippen molar-refractivity contribution in [3.05, 3.63) is 59.9 Å². The molecule has 0 unspecified atom stereocenters. The lowest BCUT2D eigenvalue weighted by atomic mass is 10.2. The predicted octanol–water partition coefficient (Wildman–Crippen LogP) is 2.37. The van der Waals surface area contributed by atoms with Crippen molar-refractivity contribution in [1.82, 2.24) is 24.1 Å². The lowest BCUT2D eigenvalue weighted by Gasteiger charge is -2.18. The molecule has 2 aromatic heterocycles. The normalized spacial score (nSPS) is 11.1. The highest BCUT2D eigenvalue weighted by Crippen LogP contribution is 2.22. The second-order valence-corrected chi connectivity index (χ2v) is 7.55. The molecule has 0 aliphatic heterocycles. The van der Waals surface area contributed by atoms with Crippen LogP contribution in [-0.2, 0) is 16.1 Å². The Kier molecular flexibility index (Phi) is 7.42. The number of benzene rings is 1. The van der Waals surface area contributed by atoms with Gasteiger partial charge in [0.25, 0.3) is 5.56 Å². The summed E-state index contributed by atoms with van der Waals surface area (Å²) in [6.07, 6.45) is 4.05. The van der Waals surface area contributed by atoms with Gasteiger partial charge in [-0.1, -0.05) is 36.0 Å². The van der Waals surface area contributed by atoms with Gasteiger partial charge in [0, 0.05) is 33.4 Å². The third-order valence-corrected chi connectivity index (χ3v) is 5.50. The third kappa shape index (κ3) is 4.47. The molecule has 158 valence electrons. The Morgan fingerprint density at radius 1 is 1.23 bits per heavy atom. The van der Waals surface area contributed by atoms with Crippen molar-refractivity contribution in [3.63, 3.8) is 0 Å². The summed E-state index contributed by atoms with van der Waals surface area (Å²) in [7, 11) is 1.63. The van der Waals surface area contributed by atoms with E-state index in [2.05, 4.69) is 23.4 Å². The van der Waals surface area contributed by atoms with Crippen LogP contribution in [0.25, 0.3) is 16.7 Å². The van der Waals surface area contributed by atoms with Gasteiger partial charge in [-0.3, -0.25) is 18.6 Å². The van der Waals surface area contributed by atoms with Gasteiger partial charge in [0.2, 0.25) is 11.7 Å². The number of thioether (sulfide) groups is 1. The topological polar surface area (TPSA) is 81.7 Å². The van der Waals surface area contributed by atoms with Gasteiger partial charge in [-0.2, -0.15) is 0 Å². The Bertz CT molecular complexity index is 1110. The molecule has 3 rings (SSSR count). The molecule has 1 aromatic carbocycles. The second kappa shape index (κ2) is 10.2. The van der Waals surface area contributed by atoms with Crippen LogP contribution in [0.3, 0.4) is 0 Å². The number of hydrogen-bond acceptors (Lipinski definition) is 6. The Morgan fingerprint density at radius 3 is 2.67 bits per heavy atom. The number of hydrogen-bond donors (Lipinski definition) is 0. The highest BCUT2D eigenvalue weighted by molar-refractivity contribution is 7.99. The fourth-order valence-electron chi connectivity index (χ4n) is 3.20. The van der Waals surface area contributed by atoms with Gasteiger partial charge in [-0.25, -0.2) is 0 Å². The number of rotatable bonds is 11. The number of aromatic nitrogens is 4. The van der Waals surface area contributed by atoms with Crippen LogP contribution in [0.1, 0.15) is 6.42 Å². The monoisotopic (exact) mass is 427 g/mol. The molecule has 0 saturated carbocycles. The third-order valence-electron chi connectivity index (χ3n) is 4.58. The summed E-state index contributed by atoms with van der Waals surface area (Å²) in [5, 5.41) is 9.67. The molecule has 3 aromatic rings. The van der Waals surface area contributed by atoms with E-state index in [4.69, 9.17) is 4.74 Å². The van der Waals surface area contributed by atoms with Gasteiger partial charge in [0.15, 0.2) is 5.16 Å². The molecule has 0 bridgehead atoms. The predicted molar refractivity (Wildman–Crippen MR) is 119 cm³/mol. The van der Waals surface area contributed by atoms with Crippen LogP contribution in [0.4, 0.5) is 0 Å². The highest BCUT2D eigenvalue weighted by Gasteiger charge is 2.18. The zero-order valence-electron chi connectivity index (χ0n) is 17.0. The molecule has 0 aliphatic rings. The van der Waals surface area contributed by atoms with Gasteiger partial charge in [0.05, 0.1) is 16.7 Å². The summed E-state index contributed by atoms with van der Waals surface area (Å²) in [6, 6.07) is 7.35. The van der Waals surface area contributed by atoms with Crippen molar-refractivity contribution in [3.8, 4) is 0 Å². The minimum atomic E-state index is -0.114. The number of para-hydroxylation sites is 1. The second-order valence-electron chi connectivity index (χ2n) is 6.60. The van der Waals surface area contributed by atoms with Gasteiger partial charge in [0.1, 0.15) is 0 Å². The number of nitrogens with zero attached hydrogens (tertiary/aromatic N) is 5.